The lowest BCUT2D eigenvalue weighted by molar-refractivity contribution is 0.414. The van der Waals surface area contributed by atoms with E-state index in [1.165, 1.54) is 0 Å². The Morgan fingerprint density at radius 1 is 1.35 bits per heavy atom. The Labute approximate surface area is 100 Å². The van der Waals surface area contributed by atoms with Gasteiger partial charge in [0, 0.05) is 5.69 Å². The molecule has 90 valence electrons. The number of pyridine rings is 1. The molecule has 0 bridgehead atoms. The van der Waals surface area contributed by atoms with Gasteiger partial charge in [-0.05, 0) is 32.5 Å². The molecule has 0 radical (unpaired) electrons. The molecular weight excluding hydrogens is 216 g/mol. The third-order valence-corrected chi connectivity index (χ3v) is 2.60. The summed E-state index contributed by atoms with van der Waals surface area (Å²) >= 11 is 0. The molecule has 0 spiro atoms. The van der Waals surface area contributed by atoms with Crippen LogP contribution in [-0.2, 0) is 0 Å². The van der Waals surface area contributed by atoms with Crippen molar-refractivity contribution in [2.45, 2.75) is 26.3 Å². The van der Waals surface area contributed by atoms with Crippen molar-refractivity contribution in [1.82, 2.24) is 20.5 Å². The highest BCUT2D eigenvalue weighted by atomic mass is 16.4. The summed E-state index contributed by atoms with van der Waals surface area (Å²) in [5.41, 5.74) is 1.65. The van der Waals surface area contributed by atoms with E-state index in [-0.39, 0.29) is 6.04 Å². The van der Waals surface area contributed by atoms with Crippen LogP contribution in [0.5, 0.6) is 0 Å². The van der Waals surface area contributed by atoms with Crippen LogP contribution in [-0.4, -0.2) is 22.2 Å². The molecule has 5 nitrogen and oxygen atoms in total. The lowest BCUT2D eigenvalue weighted by Crippen LogP contribution is -2.15. The predicted octanol–water partition coefficient (Wildman–Crippen LogP) is 2.11. The monoisotopic (exact) mass is 232 g/mol. The van der Waals surface area contributed by atoms with E-state index in [0.717, 1.165) is 17.8 Å². The second-order valence-electron chi connectivity index (χ2n) is 3.86. The summed E-state index contributed by atoms with van der Waals surface area (Å²) in [4.78, 5) is 4.35. The van der Waals surface area contributed by atoms with Crippen molar-refractivity contribution in [3.8, 4) is 11.6 Å². The van der Waals surface area contributed by atoms with Crippen LogP contribution in [0.25, 0.3) is 11.6 Å². The van der Waals surface area contributed by atoms with Crippen molar-refractivity contribution in [3.05, 3.63) is 29.8 Å². The Kier molecular flexibility index (Phi) is 3.49. The summed E-state index contributed by atoms with van der Waals surface area (Å²) in [6.07, 6.45) is 0.902. The van der Waals surface area contributed by atoms with Gasteiger partial charge in [-0.3, -0.25) is 0 Å². The molecule has 0 aliphatic heterocycles. The number of nitrogens with zero attached hydrogens (tertiary/aromatic N) is 3. The molecule has 0 saturated heterocycles. The molecule has 0 aromatic carbocycles. The summed E-state index contributed by atoms with van der Waals surface area (Å²) < 4.78 is 5.62. The van der Waals surface area contributed by atoms with E-state index in [4.69, 9.17) is 4.42 Å². The van der Waals surface area contributed by atoms with Crippen LogP contribution >= 0.6 is 0 Å². The highest BCUT2D eigenvalue weighted by Gasteiger charge is 2.16. The van der Waals surface area contributed by atoms with Crippen molar-refractivity contribution in [1.29, 1.82) is 0 Å². The maximum atomic E-state index is 5.62. The van der Waals surface area contributed by atoms with E-state index >= 15 is 0 Å². The van der Waals surface area contributed by atoms with Gasteiger partial charge in [0.05, 0.1) is 6.04 Å². The van der Waals surface area contributed by atoms with Crippen LogP contribution in [0.4, 0.5) is 0 Å². The lowest BCUT2D eigenvalue weighted by atomic mass is 10.2. The Morgan fingerprint density at radius 3 is 2.82 bits per heavy atom. The van der Waals surface area contributed by atoms with E-state index in [1.54, 1.807) is 0 Å². The summed E-state index contributed by atoms with van der Waals surface area (Å²) in [7, 11) is 1.88. The first kappa shape index (κ1) is 11.7. The minimum atomic E-state index is 0.0982. The highest BCUT2D eigenvalue weighted by molar-refractivity contribution is 5.46. The van der Waals surface area contributed by atoms with Crippen LogP contribution in [0.1, 0.15) is 31.0 Å². The standard InChI is InChI=1S/C12H16N4O/c1-4-9(13-3)11-15-16-12(17-11)10-7-5-6-8(2)14-10/h5-7,9,13H,4H2,1-3H3. The normalized spacial score (nSPS) is 12.6. The molecule has 0 fully saturated rings. The summed E-state index contributed by atoms with van der Waals surface area (Å²) in [6.45, 7) is 4.00. The first-order valence-corrected chi connectivity index (χ1v) is 5.69. The zero-order chi connectivity index (χ0) is 12.3. The molecule has 1 N–H and O–H groups in total. The van der Waals surface area contributed by atoms with Gasteiger partial charge in [0.2, 0.25) is 5.89 Å². The minimum Gasteiger partial charge on any atom is -0.418 e. The van der Waals surface area contributed by atoms with Gasteiger partial charge in [-0.1, -0.05) is 13.0 Å². The first-order chi connectivity index (χ1) is 8.24. The van der Waals surface area contributed by atoms with Crippen molar-refractivity contribution in [3.63, 3.8) is 0 Å². The van der Waals surface area contributed by atoms with Gasteiger partial charge in [-0.25, -0.2) is 4.98 Å². The molecular formula is C12H16N4O. The average Bonchev–Trinajstić information content (AvgIpc) is 2.80. The largest absolute Gasteiger partial charge is 0.418 e. The maximum absolute atomic E-state index is 5.62. The van der Waals surface area contributed by atoms with Crippen molar-refractivity contribution in [2.75, 3.05) is 7.05 Å². The number of aromatic nitrogens is 3. The molecule has 2 aromatic rings. The van der Waals surface area contributed by atoms with Gasteiger partial charge in [0.15, 0.2) is 0 Å². The van der Waals surface area contributed by atoms with Gasteiger partial charge < -0.3 is 9.73 Å². The molecule has 0 saturated carbocycles. The van der Waals surface area contributed by atoms with Crippen LogP contribution in [0.15, 0.2) is 22.6 Å². The minimum absolute atomic E-state index is 0.0982. The third kappa shape index (κ3) is 2.50. The quantitative estimate of drug-likeness (QED) is 0.874. The molecule has 1 atom stereocenters. The first-order valence-electron chi connectivity index (χ1n) is 5.69. The fourth-order valence-corrected chi connectivity index (χ4v) is 1.64. The van der Waals surface area contributed by atoms with Crippen LogP contribution in [0.3, 0.4) is 0 Å². The van der Waals surface area contributed by atoms with Gasteiger partial charge in [-0.2, -0.15) is 0 Å². The molecule has 0 aliphatic rings. The average molecular weight is 232 g/mol. The SMILES string of the molecule is CCC(NC)c1nnc(-c2cccc(C)n2)o1. The smallest absolute Gasteiger partial charge is 0.266 e. The Bertz CT molecular complexity index is 491. The Morgan fingerprint density at radius 2 is 2.18 bits per heavy atom. The van der Waals surface area contributed by atoms with E-state index in [9.17, 15) is 0 Å². The topological polar surface area (TPSA) is 63.8 Å². The molecule has 0 amide bonds. The number of hydrogen-bond acceptors (Lipinski definition) is 5. The molecule has 2 rings (SSSR count). The number of hydrogen-bond donors (Lipinski definition) is 1. The highest BCUT2D eigenvalue weighted by Crippen LogP contribution is 2.20. The van der Waals surface area contributed by atoms with E-state index in [2.05, 4.69) is 27.4 Å². The lowest BCUT2D eigenvalue weighted by Gasteiger charge is -2.07. The van der Waals surface area contributed by atoms with E-state index < -0.39 is 0 Å². The fraction of sp³-hybridized carbons (Fsp3) is 0.417. The Hall–Kier alpha value is -1.75. The fourth-order valence-electron chi connectivity index (χ4n) is 1.64. The van der Waals surface area contributed by atoms with Gasteiger partial charge in [0.1, 0.15) is 5.69 Å². The molecule has 17 heavy (non-hydrogen) atoms. The number of nitrogens with one attached hydrogen (secondary N) is 1. The van der Waals surface area contributed by atoms with Gasteiger partial charge in [0.25, 0.3) is 5.89 Å². The van der Waals surface area contributed by atoms with E-state index in [0.29, 0.717) is 11.8 Å². The van der Waals surface area contributed by atoms with Crippen molar-refractivity contribution >= 4 is 0 Å². The third-order valence-electron chi connectivity index (χ3n) is 2.60. The second kappa shape index (κ2) is 5.05. The number of aryl methyl sites for hydroxylation is 1. The summed E-state index contributed by atoms with van der Waals surface area (Å²) in [6, 6.07) is 5.83. The number of rotatable bonds is 4. The Balaban J connectivity index is 2.29. The maximum Gasteiger partial charge on any atom is 0.266 e. The molecule has 5 heteroatoms. The van der Waals surface area contributed by atoms with Crippen LogP contribution in [0, 0.1) is 6.92 Å². The molecule has 2 heterocycles. The van der Waals surface area contributed by atoms with Crippen LogP contribution in [0.2, 0.25) is 0 Å². The zero-order valence-corrected chi connectivity index (χ0v) is 10.3. The van der Waals surface area contributed by atoms with Gasteiger partial charge in [-0.15, -0.1) is 10.2 Å². The van der Waals surface area contributed by atoms with Crippen molar-refractivity contribution < 1.29 is 4.42 Å². The van der Waals surface area contributed by atoms with Crippen molar-refractivity contribution in [2.24, 2.45) is 0 Å². The second-order valence-corrected chi connectivity index (χ2v) is 3.86. The predicted molar refractivity (Wildman–Crippen MR) is 64.4 cm³/mol. The van der Waals surface area contributed by atoms with Crippen LogP contribution < -0.4 is 5.32 Å². The zero-order valence-electron chi connectivity index (χ0n) is 10.3. The molecule has 0 aliphatic carbocycles. The molecule has 1 unspecified atom stereocenters. The molecule has 2 aromatic heterocycles. The van der Waals surface area contributed by atoms with Gasteiger partial charge >= 0.3 is 0 Å². The summed E-state index contributed by atoms with van der Waals surface area (Å²) in [5.74, 6) is 1.07. The van der Waals surface area contributed by atoms with E-state index in [1.807, 2.05) is 32.2 Å². The summed E-state index contributed by atoms with van der Waals surface area (Å²) in [5, 5.41) is 11.2.